The summed E-state index contributed by atoms with van der Waals surface area (Å²) < 4.78 is 39.1. The van der Waals surface area contributed by atoms with Crippen LogP contribution in [0.4, 0.5) is 13.2 Å². The van der Waals surface area contributed by atoms with Gasteiger partial charge in [-0.1, -0.05) is 24.3 Å². The average molecular weight is 294 g/mol. The maximum absolute atomic E-state index is 12.8. The van der Waals surface area contributed by atoms with Crippen LogP contribution < -0.4 is 0 Å². The number of aromatic nitrogens is 4. The molecule has 3 aromatic rings. The van der Waals surface area contributed by atoms with Gasteiger partial charge in [0.05, 0.1) is 12.3 Å². The Morgan fingerprint density at radius 3 is 2.33 bits per heavy atom. The van der Waals surface area contributed by atoms with Crippen LogP contribution in [0.1, 0.15) is 11.4 Å². The number of halogens is 3. The van der Waals surface area contributed by atoms with Crippen LogP contribution in [0.25, 0.3) is 16.9 Å². The lowest BCUT2D eigenvalue weighted by Gasteiger charge is -2.05. The van der Waals surface area contributed by atoms with Crippen molar-refractivity contribution in [2.24, 2.45) is 0 Å². The van der Waals surface area contributed by atoms with Crippen molar-refractivity contribution in [1.29, 1.82) is 0 Å². The predicted octanol–water partition coefficient (Wildman–Crippen LogP) is 2.30. The molecule has 1 N–H and O–H groups in total. The molecule has 0 saturated heterocycles. The number of aliphatic hydroxyl groups is 1. The lowest BCUT2D eigenvalue weighted by molar-refractivity contribution is -0.146. The number of aliphatic hydroxyl groups excluding tert-OH is 1. The molecule has 0 aliphatic heterocycles. The second-order valence-corrected chi connectivity index (χ2v) is 4.36. The molecule has 0 radical (unpaired) electrons. The minimum atomic E-state index is -4.62. The highest BCUT2D eigenvalue weighted by Crippen LogP contribution is 2.28. The second kappa shape index (κ2) is 4.81. The van der Waals surface area contributed by atoms with Crippen LogP contribution in [0.5, 0.6) is 0 Å². The Labute approximate surface area is 116 Å². The first kappa shape index (κ1) is 13.5. The van der Waals surface area contributed by atoms with Crippen LogP contribution >= 0.6 is 0 Å². The van der Waals surface area contributed by atoms with Gasteiger partial charge in [0.15, 0.2) is 5.65 Å². The molecule has 0 saturated carbocycles. The predicted molar refractivity (Wildman–Crippen MR) is 67.1 cm³/mol. The third kappa shape index (κ3) is 2.45. The number of hydrogen-bond acceptors (Lipinski definition) is 4. The molecule has 0 unspecified atom stereocenters. The third-order valence-corrected chi connectivity index (χ3v) is 2.95. The number of fused-ring (bicyclic) bond motifs is 1. The van der Waals surface area contributed by atoms with Gasteiger partial charge in [-0.3, -0.25) is 0 Å². The van der Waals surface area contributed by atoms with Crippen molar-refractivity contribution in [3.63, 3.8) is 0 Å². The highest BCUT2D eigenvalue weighted by molar-refractivity contribution is 5.60. The van der Waals surface area contributed by atoms with Crippen molar-refractivity contribution in [3.8, 4) is 11.3 Å². The molecule has 0 aliphatic carbocycles. The minimum Gasteiger partial charge on any atom is -0.392 e. The van der Waals surface area contributed by atoms with Gasteiger partial charge in [0.25, 0.3) is 5.82 Å². The zero-order chi connectivity index (χ0) is 15.0. The van der Waals surface area contributed by atoms with E-state index in [-0.39, 0.29) is 12.3 Å². The first-order chi connectivity index (χ1) is 9.99. The van der Waals surface area contributed by atoms with Gasteiger partial charge in [-0.15, -0.1) is 10.2 Å². The molecule has 0 amide bonds. The van der Waals surface area contributed by atoms with E-state index in [4.69, 9.17) is 5.11 Å². The number of rotatable bonds is 2. The number of benzene rings is 1. The summed E-state index contributed by atoms with van der Waals surface area (Å²) in [5.74, 6) is -1.16. The summed E-state index contributed by atoms with van der Waals surface area (Å²) in [6, 6.07) is 9.70. The van der Waals surface area contributed by atoms with Crippen LogP contribution in [-0.4, -0.2) is 24.9 Å². The van der Waals surface area contributed by atoms with E-state index < -0.39 is 12.0 Å². The topological polar surface area (TPSA) is 63.3 Å². The van der Waals surface area contributed by atoms with Gasteiger partial charge in [-0.25, -0.2) is 0 Å². The van der Waals surface area contributed by atoms with E-state index in [9.17, 15) is 13.2 Å². The van der Waals surface area contributed by atoms with E-state index in [1.54, 1.807) is 30.3 Å². The molecular formula is C13H9F3N4O. The Hall–Kier alpha value is -2.48. The Morgan fingerprint density at radius 1 is 1.00 bits per heavy atom. The first-order valence-corrected chi connectivity index (χ1v) is 5.99. The summed E-state index contributed by atoms with van der Waals surface area (Å²) in [6.07, 6.45) is -4.62. The molecule has 0 aliphatic rings. The molecule has 1 aromatic carbocycles. The van der Waals surface area contributed by atoms with Crippen LogP contribution in [0.3, 0.4) is 0 Å². The quantitative estimate of drug-likeness (QED) is 0.787. The van der Waals surface area contributed by atoms with Crippen molar-refractivity contribution in [2.75, 3.05) is 0 Å². The van der Waals surface area contributed by atoms with Gasteiger partial charge in [0.2, 0.25) is 0 Å². The highest BCUT2D eigenvalue weighted by Gasteiger charge is 2.37. The van der Waals surface area contributed by atoms with Crippen molar-refractivity contribution < 1.29 is 18.3 Å². The summed E-state index contributed by atoms with van der Waals surface area (Å²) in [5, 5.41) is 19.5. The van der Waals surface area contributed by atoms with Crippen molar-refractivity contribution in [3.05, 3.63) is 47.8 Å². The number of nitrogens with zero attached hydrogens (tertiary/aromatic N) is 4. The molecule has 3 rings (SSSR count). The van der Waals surface area contributed by atoms with Crippen molar-refractivity contribution in [1.82, 2.24) is 19.8 Å². The second-order valence-electron chi connectivity index (χ2n) is 4.36. The van der Waals surface area contributed by atoms with E-state index in [2.05, 4.69) is 15.3 Å². The number of alkyl halides is 3. The molecule has 0 bridgehead atoms. The number of hydrogen-bond donors (Lipinski definition) is 1. The summed E-state index contributed by atoms with van der Waals surface area (Å²) in [6.45, 7) is -0.101. The maximum atomic E-state index is 12.8. The summed E-state index contributed by atoms with van der Waals surface area (Å²) in [7, 11) is 0. The fourth-order valence-electron chi connectivity index (χ4n) is 1.90. The lowest BCUT2D eigenvalue weighted by Crippen LogP contribution is -2.12. The van der Waals surface area contributed by atoms with Gasteiger partial charge < -0.3 is 5.11 Å². The normalized spacial score (nSPS) is 12.0. The first-order valence-electron chi connectivity index (χ1n) is 5.99. The molecule has 8 heteroatoms. The third-order valence-electron chi connectivity index (χ3n) is 2.95. The van der Waals surface area contributed by atoms with Gasteiger partial charge in [-0.05, 0) is 17.7 Å². The molecule has 5 nitrogen and oxygen atoms in total. The van der Waals surface area contributed by atoms with Crippen LogP contribution in [-0.2, 0) is 12.8 Å². The summed E-state index contributed by atoms with van der Waals surface area (Å²) in [5.41, 5.74) is 1.73. The zero-order valence-corrected chi connectivity index (χ0v) is 10.5. The monoisotopic (exact) mass is 294 g/mol. The van der Waals surface area contributed by atoms with E-state index >= 15 is 0 Å². The summed E-state index contributed by atoms with van der Waals surface area (Å²) >= 11 is 0. The lowest BCUT2D eigenvalue weighted by atomic mass is 10.1. The van der Waals surface area contributed by atoms with E-state index in [1.165, 1.54) is 6.07 Å². The Morgan fingerprint density at radius 2 is 1.71 bits per heavy atom. The van der Waals surface area contributed by atoms with Crippen LogP contribution in [0, 0.1) is 0 Å². The fraction of sp³-hybridized carbons (Fsp3) is 0.154. The van der Waals surface area contributed by atoms with Gasteiger partial charge >= 0.3 is 6.18 Å². The van der Waals surface area contributed by atoms with Crippen molar-refractivity contribution in [2.45, 2.75) is 12.8 Å². The van der Waals surface area contributed by atoms with Gasteiger partial charge in [-0.2, -0.15) is 22.8 Å². The SMILES string of the molecule is OCc1ccc(-c2ccc3nnc(C(F)(F)F)n3n2)cc1. The molecule has 0 fully saturated rings. The largest absolute Gasteiger partial charge is 0.453 e. The van der Waals surface area contributed by atoms with Crippen molar-refractivity contribution >= 4 is 5.65 Å². The molecule has 2 heterocycles. The summed E-state index contributed by atoms with van der Waals surface area (Å²) in [4.78, 5) is 0. The molecule has 0 atom stereocenters. The standard InChI is InChI=1S/C13H9F3N4O/c14-13(15,16)12-18-17-11-6-5-10(19-20(11)12)9-3-1-8(7-21)2-4-9/h1-6,21H,7H2. The zero-order valence-electron chi connectivity index (χ0n) is 10.5. The van der Waals surface area contributed by atoms with Crippen LogP contribution in [0.15, 0.2) is 36.4 Å². The van der Waals surface area contributed by atoms with Crippen LogP contribution in [0.2, 0.25) is 0 Å². The Bertz CT molecular complexity index is 780. The maximum Gasteiger partial charge on any atom is 0.453 e. The molecule has 2 aromatic heterocycles. The van der Waals surface area contributed by atoms with Gasteiger partial charge in [0, 0.05) is 5.56 Å². The van der Waals surface area contributed by atoms with Gasteiger partial charge in [0.1, 0.15) is 0 Å². The molecule has 108 valence electrons. The smallest absolute Gasteiger partial charge is 0.392 e. The highest BCUT2D eigenvalue weighted by atomic mass is 19.4. The van der Waals surface area contributed by atoms with E-state index in [0.29, 0.717) is 21.3 Å². The van der Waals surface area contributed by atoms with E-state index in [1.807, 2.05) is 0 Å². The molecule has 21 heavy (non-hydrogen) atoms. The Balaban J connectivity index is 2.11. The molecular weight excluding hydrogens is 285 g/mol. The molecule has 0 spiro atoms. The average Bonchev–Trinajstić information content (AvgIpc) is 2.90. The minimum absolute atomic E-state index is 0.0260. The Kier molecular flexibility index (Phi) is 3.09. The van der Waals surface area contributed by atoms with E-state index in [0.717, 1.165) is 0 Å². The fourth-order valence-corrected chi connectivity index (χ4v) is 1.90.